The maximum absolute atomic E-state index is 2.62. The zero-order valence-corrected chi connectivity index (χ0v) is 9.95. The molecule has 0 aromatic carbocycles. The summed E-state index contributed by atoms with van der Waals surface area (Å²) in [6.45, 7) is 10.8. The van der Waals surface area contributed by atoms with Gasteiger partial charge in [-0.05, 0) is 27.9 Å². The Kier molecular flexibility index (Phi) is 2.58. The predicted octanol–water partition coefficient (Wildman–Crippen LogP) is 0.326. The Bertz CT molecular complexity index is 209. The van der Waals surface area contributed by atoms with E-state index in [1.165, 1.54) is 32.7 Å². The van der Waals surface area contributed by atoms with Crippen LogP contribution < -0.4 is 0 Å². The molecule has 82 valence electrons. The summed E-state index contributed by atoms with van der Waals surface area (Å²) in [5.41, 5.74) is 0.470. The van der Waals surface area contributed by atoms with Crippen molar-refractivity contribution in [1.82, 2.24) is 14.7 Å². The molecule has 0 aromatic heterocycles. The van der Waals surface area contributed by atoms with Crippen LogP contribution in [0.5, 0.6) is 0 Å². The van der Waals surface area contributed by atoms with Gasteiger partial charge in [-0.25, -0.2) is 0 Å². The minimum Gasteiger partial charge on any atom is -0.302 e. The molecule has 3 heteroatoms. The summed E-state index contributed by atoms with van der Waals surface area (Å²) in [5.74, 6) is 0. The van der Waals surface area contributed by atoms with E-state index in [9.17, 15) is 0 Å². The largest absolute Gasteiger partial charge is 0.302 e. The summed E-state index contributed by atoms with van der Waals surface area (Å²) < 4.78 is 0. The van der Waals surface area contributed by atoms with Crippen LogP contribution in [0, 0.1) is 0 Å². The third-order valence-electron chi connectivity index (χ3n) is 3.89. The van der Waals surface area contributed by atoms with Gasteiger partial charge in [0.05, 0.1) is 5.54 Å². The highest BCUT2D eigenvalue weighted by atomic mass is 15.4. The number of rotatable bonds is 1. The van der Waals surface area contributed by atoms with Crippen molar-refractivity contribution in [2.45, 2.75) is 25.4 Å². The molecular weight excluding hydrogens is 174 g/mol. The lowest BCUT2D eigenvalue weighted by molar-refractivity contribution is -0.0850. The second-order valence-corrected chi connectivity index (χ2v) is 5.38. The lowest BCUT2D eigenvalue weighted by Crippen LogP contribution is -2.75. The summed E-state index contributed by atoms with van der Waals surface area (Å²) in [5, 5.41) is 0. The second kappa shape index (κ2) is 3.47. The van der Waals surface area contributed by atoms with Gasteiger partial charge in [0, 0.05) is 38.8 Å². The van der Waals surface area contributed by atoms with Crippen LogP contribution >= 0.6 is 0 Å². The highest BCUT2D eigenvalue weighted by molar-refractivity contribution is 5.06. The molecule has 0 unspecified atom stereocenters. The average Bonchev–Trinajstić information content (AvgIpc) is 2.06. The molecule has 0 amide bonds. The number of nitrogens with zero attached hydrogens (tertiary/aromatic N) is 3. The Morgan fingerprint density at radius 3 is 2.14 bits per heavy atom. The summed E-state index contributed by atoms with van der Waals surface area (Å²) in [7, 11) is 4.50. The highest BCUT2D eigenvalue weighted by Gasteiger charge is 2.47. The van der Waals surface area contributed by atoms with Crippen LogP contribution in [0.4, 0.5) is 0 Å². The minimum absolute atomic E-state index is 0.470. The lowest BCUT2D eigenvalue weighted by atomic mass is 9.85. The molecule has 2 aliphatic rings. The van der Waals surface area contributed by atoms with Gasteiger partial charge >= 0.3 is 0 Å². The number of hydrogen-bond donors (Lipinski definition) is 0. The molecule has 0 N–H and O–H groups in total. The summed E-state index contributed by atoms with van der Waals surface area (Å²) >= 11 is 0. The van der Waals surface area contributed by atoms with Crippen LogP contribution in [0.25, 0.3) is 0 Å². The van der Waals surface area contributed by atoms with Gasteiger partial charge in [0.2, 0.25) is 0 Å². The third-order valence-corrected chi connectivity index (χ3v) is 3.89. The second-order valence-electron chi connectivity index (χ2n) is 5.38. The molecule has 0 bridgehead atoms. The Morgan fingerprint density at radius 1 is 1.00 bits per heavy atom. The predicted molar refractivity (Wildman–Crippen MR) is 59.6 cm³/mol. The van der Waals surface area contributed by atoms with E-state index in [4.69, 9.17) is 0 Å². The van der Waals surface area contributed by atoms with Crippen molar-refractivity contribution in [3.8, 4) is 0 Å². The zero-order valence-electron chi connectivity index (χ0n) is 9.95. The summed E-state index contributed by atoms with van der Waals surface area (Å²) in [6.07, 6.45) is 0. The van der Waals surface area contributed by atoms with E-state index >= 15 is 0 Å². The molecule has 3 nitrogen and oxygen atoms in total. The van der Waals surface area contributed by atoms with Crippen LogP contribution in [0.1, 0.15) is 13.8 Å². The van der Waals surface area contributed by atoms with Gasteiger partial charge in [-0.1, -0.05) is 0 Å². The average molecular weight is 197 g/mol. The van der Waals surface area contributed by atoms with E-state index in [-0.39, 0.29) is 0 Å². The smallest absolute Gasteiger partial charge is 0.0588 e. The molecule has 0 atom stereocenters. The van der Waals surface area contributed by atoms with Crippen LogP contribution in [-0.2, 0) is 0 Å². The molecule has 0 radical (unpaired) electrons. The summed E-state index contributed by atoms with van der Waals surface area (Å²) in [6, 6.07) is 0.700. The van der Waals surface area contributed by atoms with E-state index < -0.39 is 0 Å². The topological polar surface area (TPSA) is 9.72 Å². The Balaban J connectivity index is 2.01. The van der Waals surface area contributed by atoms with E-state index in [0.717, 1.165) is 0 Å². The van der Waals surface area contributed by atoms with Gasteiger partial charge in [-0.15, -0.1) is 0 Å². The van der Waals surface area contributed by atoms with E-state index in [1.54, 1.807) is 0 Å². The Morgan fingerprint density at radius 2 is 1.64 bits per heavy atom. The summed E-state index contributed by atoms with van der Waals surface area (Å²) in [4.78, 5) is 7.60. The van der Waals surface area contributed by atoms with E-state index in [1.807, 2.05) is 0 Å². The molecule has 0 saturated carbocycles. The normalized spacial score (nSPS) is 29.8. The fourth-order valence-electron chi connectivity index (χ4n) is 2.83. The molecule has 0 aliphatic carbocycles. The number of likely N-dealkylation sites (N-methyl/N-ethyl adjacent to an activating group) is 2. The van der Waals surface area contributed by atoms with Gasteiger partial charge in [-0.3, -0.25) is 9.80 Å². The molecule has 2 fully saturated rings. The molecule has 14 heavy (non-hydrogen) atoms. The van der Waals surface area contributed by atoms with Gasteiger partial charge in [0.25, 0.3) is 0 Å². The van der Waals surface area contributed by atoms with Crippen LogP contribution in [0.3, 0.4) is 0 Å². The highest BCUT2D eigenvalue weighted by Crippen LogP contribution is 2.29. The Labute approximate surface area is 87.7 Å². The fraction of sp³-hybridized carbons (Fsp3) is 1.00. The van der Waals surface area contributed by atoms with E-state index in [0.29, 0.717) is 11.6 Å². The monoisotopic (exact) mass is 197 g/mol. The first-order valence-corrected chi connectivity index (χ1v) is 5.67. The SMILES string of the molecule is CC(C)N1CCN(C)C2(CN(C)C2)C1. The van der Waals surface area contributed by atoms with Gasteiger partial charge in [0.15, 0.2) is 0 Å². The maximum atomic E-state index is 2.62. The van der Waals surface area contributed by atoms with Crippen molar-refractivity contribution < 1.29 is 0 Å². The fourth-order valence-corrected chi connectivity index (χ4v) is 2.83. The van der Waals surface area contributed by atoms with Crippen LogP contribution in [0.2, 0.25) is 0 Å². The first-order valence-electron chi connectivity index (χ1n) is 5.67. The first-order chi connectivity index (χ1) is 6.53. The zero-order chi connectivity index (χ0) is 10.3. The number of likely N-dealkylation sites (tertiary alicyclic amines) is 1. The third kappa shape index (κ3) is 1.58. The van der Waals surface area contributed by atoms with Crippen molar-refractivity contribution in [2.75, 3.05) is 46.8 Å². The van der Waals surface area contributed by atoms with E-state index in [2.05, 4.69) is 42.6 Å². The lowest BCUT2D eigenvalue weighted by Gasteiger charge is -2.59. The number of piperazine rings is 1. The van der Waals surface area contributed by atoms with Crippen molar-refractivity contribution >= 4 is 0 Å². The van der Waals surface area contributed by atoms with Crippen molar-refractivity contribution in [3.05, 3.63) is 0 Å². The molecule has 0 aromatic rings. The van der Waals surface area contributed by atoms with Crippen LogP contribution in [0.15, 0.2) is 0 Å². The quantitative estimate of drug-likeness (QED) is 0.600. The standard InChI is InChI=1S/C11H23N3/c1-10(2)14-6-5-13(4)11(9-14)7-12(3)8-11/h10H,5-9H2,1-4H3. The molecule has 2 saturated heterocycles. The number of hydrogen-bond acceptors (Lipinski definition) is 3. The molecular formula is C11H23N3. The van der Waals surface area contributed by atoms with Gasteiger partial charge in [-0.2, -0.15) is 0 Å². The first kappa shape index (κ1) is 10.4. The maximum Gasteiger partial charge on any atom is 0.0588 e. The minimum atomic E-state index is 0.470. The van der Waals surface area contributed by atoms with Gasteiger partial charge < -0.3 is 4.90 Å². The van der Waals surface area contributed by atoms with Crippen molar-refractivity contribution in [3.63, 3.8) is 0 Å². The molecule has 2 rings (SSSR count). The van der Waals surface area contributed by atoms with Crippen molar-refractivity contribution in [2.24, 2.45) is 0 Å². The van der Waals surface area contributed by atoms with Gasteiger partial charge in [0.1, 0.15) is 0 Å². The molecule has 2 heterocycles. The molecule has 2 aliphatic heterocycles. The van der Waals surface area contributed by atoms with Crippen molar-refractivity contribution in [1.29, 1.82) is 0 Å². The van der Waals surface area contributed by atoms with Crippen LogP contribution in [-0.4, -0.2) is 73.1 Å². The molecule has 1 spiro atoms. The Hall–Kier alpha value is -0.120.